The first-order chi connectivity index (χ1) is 33.8. The molecule has 0 amide bonds. The standard InChI is InChI=1S/2C12H12N2O6S2.4C6H7N.5H2O.2Ru/c2*15-21(16,17)7-9-3-1-5-11(13-9)12-6-2-4-10(14-12)8-22(18,19)20;4*1-6-2-4-7-5-3-6;;;;;;;/h2*1-6H,7-8H2,(H,15,16,17)(H,18,19,20);4*2-5H,1H3;5*1H2;;/q;;;;;;;;;;;2*+2/p-4. The van der Waals surface area contributed by atoms with Gasteiger partial charge in [0.25, 0.3) is 0 Å². The van der Waals surface area contributed by atoms with Crippen LogP contribution in [0, 0.1) is 27.7 Å². The minimum atomic E-state index is -4.46. The molecule has 0 aromatic carbocycles. The molecule has 8 aromatic heterocycles. The molecule has 0 aliphatic carbocycles. The topological polar surface area (TPSA) is 489 Å². The van der Waals surface area contributed by atoms with Crippen LogP contribution in [0.2, 0.25) is 0 Å². The number of aryl methyl sites for hydroxylation is 4. The molecule has 10 N–H and O–H groups in total. The van der Waals surface area contributed by atoms with Crippen LogP contribution >= 0.6 is 0 Å². The zero-order valence-corrected chi connectivity index (χ0v) is 49.1. The summed E-state index contributed by atoms with van der Waals surface area (Å²) in [6.45, 7) is 8.17. The van der Waals surface area contributed by atoms with E-state index in [1.54, 1.807) is 49.6 Å². The summed E-state index contributed by atoms with van der Waals surface area (Å²) in [4.78, 5) is 31.4. The van der Waals surface area contributed by atoms with Crippen molar-refractivity contribution in [3.05, 3.63) is 216 Å². The van der Waals surface area contributed by atoms with Gasteiger partial charge in [-0.3, -0.25) is 39.9 Å². The average molecular weight is 1350 g/mol. The van der Waals surface area contributed by atoms with E-state index in [1.165, 1.54) is 95.1 Å². The summed E-state index contributed by atoms with van der Waals surface area (Å²) in [6.07, 6.45) is 14.3. The quantitative estimate of drug-likeness (QED) is 0.139. The molecule has 0 bridgehead atoms. The molecule has 25 nitrogen and oxygen atoms in total. The Balaban J connectivity index is -0.000000295. The second kappa shape index (κ2) is 41.0. The Morgan fingerprint density at radius 1 is 0.291 bits per heavy atom. The molecule has 8 heterocycles. The van der Waals surface area contributed by atoms with Gasteiger partial charge in [-0.15, -0.1) is 0 Å². The maximum Gasteiger partial charge on any atom is 2.00 e. The molecule has 0 radical (unpaired) electrons. The third-order valence-corrected chi connectivity index (χ3v) is 11.0. The molecule has 0 aliphatic heterocycles. The molecule has 0 atom stereocenters. The molecule has 8 aromatic rings. The van der Waals surface area contributed by atoms with Crippen molar-refractivity contribution in [1.82, 2.24) is 39.9 Å². The number of hydrogen-bond donors (Lipinski definition) is 0. The van der Waals surface area contributed by atoms with Crippen LogP contribution in [0.25, 0.3) is 22.8 Å². The maximum atomic E-state index is 10.7. The Morgan fingerprint density at radius 2 is 0.443 bits per heavy atom. The molecule has 0 aliphatic rings. The van der Waals surface area contributed by atoms with Gasteiger partial charge in [-0.05, 0) is 147 Å². The van der Waals surface area contributed by atoms with Crippen molar-refractivity contribution in [2.75, 3.05) is 0 Å². The van der Waals surface area contributed by atoms with Crippen LogP contribution in [-0.2, 0) is 102 Å². The van der Waals surface area contributed by atoms with Gasteiger partial charge in [0.1, 0.15) is 40.5 Å². The van der Waals surface area contributed by atoms with E-state index in [-0.39, 0.29) is 112 Å². The molecule has 0 saturated heterocycles. The average Bonchev–Trinajstić information content (AvgIpc) is 3.29. The van der Waals surface area contributed by atoms with E-state index >= 15 is 0 Å². The fourth-order valence-electron chi connectivity index (χ4n) is 5.24. The third kappa shape index (κ3) is 39.8. The Kier molecular flexibility index (Phi) is 42.4. The van der Waals surface area contributed by atoms with E-state index in [0.29, 0.717) is 0 Å². The van der Waals surface area contributed by atoms with Gasteiger partial charge in [0.05, 0.1) is 68.6 Å². The van der Waals surface area contributed by atoms with E-state index < -0.39 is 63.5 Å². The fraction of sp³-hybridized carbons (Fsp3) is 0.167. The zero-order valence-electron chi connectivity index (χ0n) is 42.3. The van der Waals surface area contributed by atoms with Gasteiger partial charge in [-0.1, -0.05) is 24.3 Å². The number of hydrogen-bond acceptors (Lipinski definition) is 20. The van der Waals surface area contributed by atoms with Crippen LogP contribution in [-0.4, -0.2) is 119 Å². The first-order valence-corrected chi connectivity index (χ1v) is 27.2. The first kappa shape index (κ1) is 81.7. The van der Waals surface area contributed by atoms with Crippen LogP contribution in [0.5, 0.6) is 0 Å². The largest absolute Gasteiger partial charge is 2.00 e. The minimum Gasteiger partial charge on any atom is -0.748 e. The van der Waals surface area contributed by atoms with Crippen LogP contribution < -0.4 is 0 Å². The normalized spacial score (nSPS) is 9.92. The van der Waals surface area contributed by atoms with Crippen molar-refractivity contribution in [3.8, 4) is 22.8 Å². The number of aromatic nitrogens is 8. The smallest absolute Gasteiger partial charge is 0.748 e. The molecule has 31 heteroatoms. The summed E-state index contributed by atoms with van der Waals surface area (Å²) < 4.78 is 129. The summed E-state index contributed by atoms with van der Waals surface area (Å²) >= 11 is 0. The predicted molar refractivity (Wildman–Crippen MR) is 283 cm³/mol. The van der Waals surface area contributed by atoms with E-state index in [0.717, 1.165) is 0 Å². The predicted octanol–water partition coefficient (Wildman–Crippen LogP) is 1.90. The van der Waals surface area contributed by atoms with Crippen molar-refractivity contribution in [3.63, 3.8) is 0 Å². The third-order valence-electron chi connectivity index (χ3n) is 8.44. The van der Waals surface area contributed by atoms with Crippen molar-refractivity contribution in [2.24, 2.45) is 0 Å². The van der Waals surface area contributed by atoms with Crippen molar-refractivity contribution in [2.45, 2.75) is 50.7 Å². The van der Waals surface area contributed by atoms with Gasteiger partial charge in [0, 0.05) is 49.6 Å². The summed E-state index contributed by atoms with van der Waals surface area (Å²) in [7, 11) is -17.8. The second-order valence-electron chi connectivity index (χ2n) is 15.0. The van der Waals surface area contributed by atoms with Gasteiger partial charge in [-0.2, -0.15) is 0 Å². The van der Waals surface area contributed by atoms with Crippen LogP contribution in [0.4, 0.5) is 0 Å². The summed E-state index contributed by atoms with van der Waals surface area (Å²) in [5, 5.41) is 0. The maximum absolute atomic E-state index is 10.7. The molecule has 432 valence electrons. The number of rotatable bonds is 10. The van der Waals surface area contributed by atoms with E-state index in [1.807, 2.05) is 76.2 Å². The molecule has 79 heavy (non-hydrogen) atoms. The van der Waals surface area contributed by atoms with E-state index in [4.69, 9.17) is 0 Å². The van der Waals surface area contributed by atoms with E-state index in [2.05, 4.69) is 39.9 Å². The van der Waals surface area contributed by atoms with E-state index in [9.17, 15) is 51.9 Å². The zero-order chi connectivity index (χ0) is 53.2. The van der Waals surface area contributed by atoms with Crippen LogP contribution in [0.15, 0.2) is 171 Å². The van der Waals surface area contributed by atoms with Gasteiger partial charge < -0.3 is 45.6 Å². The summed E-state index contributed by atoms with van der Waals surface area (Å²) in [5.41, 5.74) is 6.32. The summed E-state index contributed by atoms with van der Waals surface area (Å²) in [5.74, 6) is -3.02. The van der Waals surface area contributed by atoms with Crippen LogP contribution in [0.1, 0.15) is 45.0 Å². The van der Waals surface area contributed by atoms with Gasteiger partial charge in [-0.25, -0.2) is 33.7 Å². The van der Waals surface area contributed by atoms with Crippen molar-refractivity contribution >= 4 is 40.5 Å². The molecular weight excluding hydrogens is 1290 g/mol. The number of pyridine rings is 8. The Bertz CT molecular complexity index is 2930. The van der Waals surface area contributed by atoms with Crippen molar-refractivity contribution < 1.29 is 118 Å². The fourth-order valence-corrected chi connectivity index (χ4v) is 7.33. The molecule has 0 spiro atoms. The van der Waals surface area contributed by atoms with Crippen LogP contribution in [0.3, 0.4) is 0 Å². The Hall–Kier alpha value is -6.11. The SMILES string of the molecule is Cc1ccncc1.Cc1ccncc1.Cc1ccncc1.Cc1ccncc1.O.O.O.O.O.O=S(=O)([O-])Cc1cccc(-c2cccc(CS(=O)(=O)[O-])n2)n1.O=S(=O)([O-])Cc1cccc(-c2cccc(CS(=O)(=O)[O-])n2)n1.[Ru+2].[Ru+2]. The van der Waals surface area contributed by atoms with Gasteiger partial charge in [0.2, 0.25) is 0 Å². The molecular formula is C48H58N8O17Ru2S4. The Morgan fingerprint density at radius 3 is 0.557 bits per heavy atom. The monoisotopic (exact) mass is 1350 g/mol. The molecule has 0 saturated carbocycles. The van der Waals surface area contributed by atoms with Crippen molar-refractivity contribution in [1.29, 1.82) is 0 Å². The van der Waals surface area contributed by atoms with Gasteiger partial charge in [0.15, 0.2) is 0 Å². The first-order valence-electron chi connectivity index (χ1n) is 20.9. The molecule has 0 fully saturated rings. The van der Waals surface area contributed by atoms with Gasteiger partial charge >= 0.3 is 39.0 Å². The molecule has 0 unspecified atom stereocenters. The second-order valence-corrected chi connectivity index (χ2v) is 20.6. The summed E-state index contributed by atoms with van der Waals surface area (Å²) in [6, 6.07) is 33.4. The number of nitrogens with zero attached hydrogens (tertiary/aromatic N) is 8. The Labute approximate surface area is 484 Å². The molecule has 8 rings (SSSR count). The minimum absolute atomic E-state index is 0.